The lowest BCUT2D eigenvalue weighted by Gasteiger charge is -2.11. The van der Waals surface area contributed by atoms with Gasteiger partial charge in [-0.05, 0) is 12.1 Å². The number of hydrogen-bond donors (Lipinski definition) is 1. The van der Waals surface area contributed by atoms with Crippen molar-refractivity contribution in [3.63, 3.8) is 0 Å². The van der Waals surface area contributed by atoms with Crippen LogP contribution in [0.2, 0.25) is 0 Å². The quantitative estimate of drug-likeness (QED) is 0.744. The molecule has 0 unspecified atom stereocenters. The van der Waals surface area contributed by atoms with Crippen LogP contribution in [0, 0.1) is 0 Å². The molecule has 0 radical (unpaired) electrons. The zero-order chi connectivity index (χ0) is 12.6. The van der Waals surface area contributed by atoms with Gasteiger partial charge >= 0.3 is 0 Å². The first-order valence-corrected chi connectivity index (χ1v) is 6.04. The Labute approximate surface area is 106 Å². The molecule has 0 amide bonds. The van der Waals surface area contributed by atoms with E-state index in [4.69, 9.17) is 18.9 Å². The van der Waals surface area contributed by atoms with Gasteiger partial charge < -0.3 is 24.1 Å². The summed E-state index contributed by atoms with van der Waals surface area (Å²) in [6, 6.07) is 7.48. The van der Waals surface area contributed by atoms with Gasteiger partial charge in [0.1, 0.15) is 19.3 Å². The Hall–Kier alpha value is -1.30. The van der Waals surface area contributed by atoms with Gasteiger partial charge in [0.05, 0.1) is 26.4 Å². The lowest BCUT2D eigenvalue weighted by Crippen LogP contribution is -2.23. The van der Waals surface area contributed by atoms with Crippen LogP contribution >= 0.6 is 0 Å². The van der Waals surface area contributed by atoms with Gasteiger partial charge in [-0.25, -0.2) is 0 Å². The maximum absolute atomic E-state index is 9.51. The van der Waals surface area contributed by atoms with Crippen molar-refractivity contribution in [1.29, 1.82) is 0 Å². The minimum Gasteiger partial charge on any atom is -0.487 e. The molecule has 1 N–H and O–H groups in total. The van der Waals surface area contributed by atoms with Crippen molar-refractivity contribution < 1.29 is 24.1 Å². The molecule has 0 atom stereocenters. The molecule has 0 saturated carbocycles. The van der Waals surface area contributed by atoms with Crippen LogP contribution in [-0.4, -0.2) is 50.9 Å². The second kappa shape index (κ2) is 7.20. The maximum atomic E-state index is 9.51. The van der Waals surface area contributed by atoms with Crippen LogP contribution in [-0.2, 0) is 9.47 Å². The van der Waals surface area contributed by atoms with Crippen molar-refractivity contribution in [1.82, 2.24) is 0 Å². The molecule has 1 heterocycles. The molecule has 0 spiro atoms. The van der Waals surface area contributed by atoms with E-state index in [0.717, 1.165) is 0 Å². The van der Waals surface area contributed by atoms with E-state index in [1.807, 2.05) is 24.3 Å². The minimum absolute atomic E-state index is 0.256. The number of fused-ring (bicyclic) bond motifs is 1. The maximum Gasteiger partial charge on any atom is 0.161 e. The fourth-order valence-electron chi connectivity index (χ4n) is 1.60. The SMILES string of the molecule is OC1COCCOc2ccccc2OCCOC1. The standard InChI is InChI=1S/C13H18O5/c14-11-9-15-5-7-17-12-3-1-2-4-13(12)18-8-6-16-10-11/h1-4,11,14H,5-10H2. The van der Waals surface area contributed by atoms with Crippen LogP contribution in [0.15, 0.2) is 24.3 Å². The van der Waals surface area contributed by atoms with E-state index in [0.29, 0.717) is 37.9 Å². The molecule has 0 saturated heterocycles. The van der Waals surface area contributed by atoms with Gasteiger partial charge in [0.15, 0.2) is 11.5 Å². The Bertz CT molecular complexity index is 322. The highest BCUT2D eigenvalue weighted by molar-refractivity contribution is 5.39. The average molecular weight is 254 g/mol. The molecule has 5 heteroatoms. The van der Waals surface area contributed by atoms with Crippen molar-refractivity contribution >= 4 is 0 Å². The predicted molar refractivity (Wildman–Crippen MR) is 65.1 cm³/mol. The molecule has 2 rings (SSSR count). The summed E-state index contributed by atoms with van der Waals surface area (Å²) in [6.07, 6.45) is -0.604. The molecule has 0 aliphatic carbocycles. The summed E-state index contributed by atoms with van der Waals surface area (Å²) in [5.41, 5.74) is 0. The highest BCUT2D eigenvalue weighted by Crippen LogP contribution is 2.26. The minimum atomic E-state index is -0.604. The topological polar surface area (TPSA) is 57.2 Å². The fourth-order valence-corrected chi connectivity index (χ4v) is 1.60. The van der Waals surface area contributed by atoms with Gasteiger partial charge in [-0.2, -0.15) is 0 Å². The van der Waals surface area contributed by atoms with Gasteiger partial charge in [-0.3, -0.25) is 0 Å². The molecule has 18 heavy (non-hydrogen) atoms. The number of ether oxygens (including phenoxy) is 4. The molecule has 100 valence electrons. The summed E-state index contributed by atoms with van der Waals surface area (Å²) in [6.45, 7) is 2.20. The van der Waals surface area contributed by atoms with E-state index in [1.54, 1.807) is 0 Å². The van der Waals surface area contributed by atoms with Crippen molar-refractivity contribution in [2.75, 3.05) is 39.6 Å². The van der Waals surface area contributed by atoms with E-state index >= 15 is 0 Å². The van der Waals surface area contributed by atoms with Crippen molar-refractivity contribution in [2.24, 2.45) is 0 Å². The smallest absolute Gasteiger partial charge is 0.161 e. The number of benzene rings is 1. The molecule has 1 aromatic carbocycles. The molecule has 0 aromatic heterocycles. The molecular weight excluding hydrogens is 236 g/mol. The Morgan fingerprint density at radius 3 is 1.83 bits per heavy atom. The van der Waals surface area contributed by atoms with Crippen LogP contribution in [0.3, 0.4) is 0 Å². The first-order chi connectivity index (χ1) is 8.86. The molecule has 0 bridgehead atoms. The number of aliphatic hydroxyl groups excluding tert-OH is 1. The first-order valence-electron chi connectivity index (χ1n) is 6.04. The van der Waals surface area contributed by atoms with E-state index in [1.165, 1.54) is 0 Å². The molecule has 1 aliphatic rings. The summed E-state index contributed by atoms with van der Waals surface area (Å²) in [7, 11) is 0. The number of aliphatic hydroxyl groups is 1. The second-order valence-electron chi connectivity index (χ2n) is 3.95. The van der Waals surface area contributed by atoms with Gasteiger partial charge in [0, 0.05) is 0 Å². The Kier molecular flexibility index (Phi) is 5.26. The van der Waals surface area contributed by atoms with Crippen LogP contribution in [0.4, 0.5) is 0 Å². The van der Waals surface area contributed by atoms with E-state index < -0.39 is 6.10 Å². The summed E-state index contributed by atoms with van der Waals surface area (Å²) in [5, 5.41) is 9.51. The lowest BCUT2D eigenvalue weighted by atomic mass is 10.3. The number of rotatable bonds is 0. The van der Waals surface area contributed by atoms with E-state index in [-0.39, 0.29) is 13.2 Å². The third-order valence-corrected chi connectivity index (χ3v) is 2.44. The van der Waals surface area contributed by atoms with Crippen molar-refractivity contribution in [3.8, 4) is 11.5 Å². The van der Waals surface area contributed by atoms with E-state index in [2.05, 4.69) is 0 Å². The normalized spacial score (nSPS) is 19.4. The summed E-state index contributed by atoms with van der Waals surface area (Å²) in [4.78, 5) is 0. The zero-order valence-electron chi connectivity index (χ0n) is 10.2. The molecule has 0 fully saturated rings. The monoisotopic (exact) mass is 254 g/mol. The van der Waals surface area contributed by atoms with Crippen LogP contribution in [0.25, 0.3) is 0 Å². The second-order valence-corrected chi connectivity index (χ2v) is 3.95. The highest BCUT2D eigenvalue weighted by Gasteiger charge is 2.08. The van der Waals surface area contributed by atoms with Crippen LogP contribution in [0.1, 0.15) is 0 Å². The largest absolute Gasteiger partial charge is 0.487 e. The Morgan fingerprint density at radius 1 is 0.833 bits per heavy atom. The summed E-state index contributed by atoms with van der Waals surface area (Å²) >= 11 is 0. The summed E-state index contributed by atoms with van der Waals surface area (Å²) in [5.74, 6) is 1.39. The Morgan fingerprint density at radius 2 is 1.33 bits per heavy atom. The van der Waals surface area contributed by atoms with Gasteiger partial charge in [-0.1, -0.05) is 12.1 Å². The predicted octanol–water partition coefficient (Wildman–Crippen LogP) is 0.852. The third kappa shape index (κ3) is 4.18. The molecule has 5 nitrogen and oxygen atoms in total. The first kappa shape index (κ1) is 13.1. The lowest BCUT2D eigenvalue weighted by molar-refractivity contribution is -0.0259. The van der Waals surface area contributed by atoms with Gasteiger partial charge in [0.25, 0.3) is 0 Å². The van der Waals surface area contributed by atoms with Gasteiger partial charge in [-0.15, -0.1) is 0 Å². The zero-order valence-corrected chi connectivity index (χ0v) is 10.2. The fraction of sp³-hybridized carbons (Fsp3) is 0.538. The average Bonchev–Trinajstić information content (AvgIpc) is 2.40. The van der Waals surface area contributed by atoms with Crippen LogP contribution < -0.4 is 9.47 Å². The highest BCUT2D eigenvalue weighted by atomic mass is 16.6. The van der Waals surface area contributed by atoms with Crippen molar-refractivity contribution in [3.05, 3.63) is 24.3 Å². The number of hydrogen-bond acceptors (Lipinski definition) is 5. The third-order valence-electron chi connectivity index (χ3n) is 2.44. The molecular formula is C13H18O5. The number of para-hydroxylation sites is 2. The Balaban J connectivity index is 1.95. The van der Waals surface area contributed by atoms with Crippen molar-refractivity contribution in [2.45, 2.75) is 6.10 Å². The summed E-state index contributed by atoms with van der Waals surface area (Å²) < 4.78 is 21.7. The molecule has 1 aliphatic heterocycles. The van der Waals surface area contributed by atoms with Gasteiger partial charge in [0.2, 0.25) is 0 Å². The molecule has 1 aromatic rings. The van der Waals surface area contributed by atoms with E-state index in [9.17, 15) is 5.11 Å². The van der Waals surface area contributed by atoms with Crippen LogP contribution in [0.5, 0.6) is 11.5 Å².